The molecule has 0 spiro atoms. The normalized spacial score (nSPS) is 11.6. The van der Waals surface area contributed by atoms with Crippen molar-refractivity contribution in [2.24, 2.45) is 5.11 Å². The van der Waals surface area contributed by atoms with E-state index in [0.29, 0.717) is 6.54 Å². The van der Waals surface area contributed by atoms with E-state index in [1.807, 2.05) is 41.5 Å². The highest BCUT2D eigenvalue weighted by molar-refractivity contribution is 5.69. The molecule has 6 heteroatoms. The first kappa shape index (κ1) is 15.6. The number of hydrogen-bond donors (Lipinski definition) is 0. The number of hydrogen-bond acceptors (Lipinski definition) is 3. The van der Waals surface area contributed by atoms with Crippen molar-refractivity contribution in [1.82, 2.24) is 4.90 Å². The molecule has 0 saturated carbocycles. The van der Waals surface area contributed by atoms with E-state index in [1.165, 1.54) is 0 Å². The third-order valence-electron chi connectivity index (χ3n) is 1.91. The van der Waals surface area contributed by atoms with E-state index in [4.69, 9.17) is 10.3 Å². The standard InChI is InChI=1S/C11H22N4O2/c1-10(2,3)15(8-7-13-14-12)9(16)17-11(4,5)6/h7-8H2,1-6H3. The van der Waals surface area contributed by atoms with Gasteiger partial charge in [0, 0.05) is 23.5 Å². The maximum Gasteiger partial charge on any atom is 0.410 e. The number of azide groups is 1. The van der Waals surface area contributed by atoms with Crippen LogP contribution >= 0.6 is 0 Å². The fourth-order valence-corrected chi connectivity index (χ4v) is 1.21. The van der Waals surface area contributed by atoms with E-state index in [0.717, 1.165) is 0 Å². The van der Waals surface area contributed by atoms with Crippen LogP contribution in [0.4, 0.5) is 4.79 Å². The summed E-state index contributed by atoms with van der Waals surface area (Å²) < 4.78 is 5.31. The Bertz CT molecular complexity index is 308. The topological polar surface area (TPSA) is 78.3 Å². The summed E-state index contributed by atoms with van der Waals surface area (Å²) >= 11 is 0. The highest BCUT2D eigenvalue weighted by Crippen LogP contribution is 2.18. The predicted molar refractivity (Wildman–Crippen MR) is 66.7 cm³/mol. The minimum absolute atomic E-state index is 0.243. The van der Waals surface area contributed by atoms with Crippen LogP contribution in [0.25, 0.3) is 10.4 Å². The molecule has 0 aliphatic carbocycles. The Kier molecular flexibility index (Phi) is 5.29. The SMILES string of the molecule is CC(C)(C)OC(=O)N(CCN=[N+]=[N-])C(C)(C)C. The third kappa shape index (κ3) is 6.68. The summed E-state index contributed by atoms with van der Waals surface area (Å²) in [4.78, 5) is 16.2. The molecule has 0 bridgehead atoms. The first-order valence-electron chi connectivity index (χ1n) is 5.59. The van der Waals surface area contributed by atoms with Crippen molar-refractivity contribution in [2.45, 2.75) is 52.7 Å². The number of carbonyl (C=O) groups is 1. The van der Waals surface area contributed by atoms with Crippen molar-refractivity contribution >= 4 is 6.09 Å². The molecule has 0 fully saturated rings. The van der Waals surface area contributed by atoms with Crippen molar-refractivity contribution in [2.75, 3.05) is 13.1 Å². The smallest absolute Gasteiger partial charge is 0.410 e. The van der Waals surface area contributed by atoms with Crippen molar-refractivity contribution in [3.05, 3.63) is 10.4 Å². The van der Waals surface area contributed by atoms with Crippen LogP contribution in [0.1, 0.15) is 41.5 Å². The van der Waals surface area contributed by atoms with Crippen molar-refractivity contribution in [3.63, 3.8) is 0 Å². The van der Waals surface area contributed by atoms with E-state index in [9.17, 15) is 4.79 Å². The van der Waals surface area contributed by atoms with Gasteiger partial charge in [0.2, 0.25) is 0 Å². The van der Waals surface area contributed by atoms with Gasteiger partial charge in [-0.3, -0.25) is 0 Å². The fraction of sp³-hybridized carbons (Fsp3) is 0.909. The van der Waals surface area contributed by atoms with Gasteiger partial charge in [-0.05, 0) is 47.1 Å². The first-order chi connectivity index (χ1) is 7.58. The minimum Gasteiger partial charge on any atom is -0.444 e. The van der Waals surface area contributed by atoms with Crippen LogP contribution in [-0.4, -0.2) is 35.2 Å². The zero-order valence-corrected chi connectivity index (χ0v) is 11.5. The van der Waals surface area contributed by atoms with E-state index in [-0.39, 0.29) is 12.1 Å². The van der Waals surface area contributed by atoms with E-state index >= 15 is 0 Å². The summed E-state index contributed by atoms with van der Waals surface area (Å²) in [5.74, 6) is 0. The van der Waals surface area contributed by atoms with Gasteiger partial charge in [-0.2, -0.15) is 0 Å². The zero-order chi connectivity index (χ0) is 13.7. The molecule has 0 radical (unpaired) electrons. The van der Waals surface area contributed by atoms with Crippen molar-refractivity contribution < 1.29 is 9.53 Å². The van der Waals surface area contributed by atoms with Gasteiger partial charge < -0.3 is 9.64 Å². The van der Waals surface area contributed by atoms with Gasteiger partial charge in [0.25, 0.3) is 0 Å². The summed E-state index contributed by atoms with van der Waals surface area (Å²) in [7, 11) is 0. The van der Waals surface area contributed by atoms with E-state index < -0.39 is 11.7 Å². The molecule has 0 N–H and O–H groups in total. The predicted octanol–water partition coefficient (Wildman–Crippen LogP) is 3.33. The lowest BCUT2D eigenvalue weighted by Gasteiger charge is -2.36. The molecular formula is C11H22N4O2. The second-order valence-corrected chi connectivity index (χ2v) is 5.76. The summed E-state index contributed by atoms with van der Waals surface area (Å²) in [5.41, 5.74) is 7.33. The second kappa shape index (κ2) is 5.77. The van der Waals surface area contributed by atoms with E-state index in [2.05, 4.69) is 10.0 Å². The fourth-order valence-electron chi connectivity index (χ4n) is 1.21. The molecule has 98 valence electrons. The molecular weight excluding hydrogens is 220 g/mol. The Morgan fingerprint density at radius 1 is 1.29 bits per heavy atom. The van der Waals surface area contributed by atoms with Crippen LogP contribution < -0.4 is 0 Å². The Labute approximate surface area is 103 Å². The van der Waals surface area contributed by atoms with Gasteiger partial charge in [-0.15, -0.1) is 0 Å². The molecule has 0 unspecified atom stereocenters. The van der Waals surface area contributed by atoms with Crippen LogP contribution in [0.15, 0.2) is 5.11 Å². The quantitative estimate of drug-likeness (QED) is 0.432. The molecule has 0 atom stereocenters. The Morgan fingerprint density at radius 2 is 1.82 bits per heavy atom. The molecule has 0 aromatic carbocycles. The average Bonchev–Trinajstić information content (AvgIpc) is 2.06. The van der Waals surface area contributed by atoms with Gasteiger partial charge in [-0.25, -0.2) is 4.79 Å². The van der Waals surface area contributed by atoms with E-state index in [1.54, 1.807) is 4.90 Å². The van der Waals surface area contributed by atoms with Gasteiger partial charge >= 0.3 is 6.09 Å². The van der Waals surface area contributed by atoms with Crippen LogP contribution in [-0.2, 0) is 4.74 Å². The second-order valence-electron chi connectivity index (χ2n) is 5.76. The van der Waals surface area contributed by atoms with Crippen LogP contribution in [0, 0.1) is 0 Å². The first-order valence-corrected chi connectivity index (χ1v) is 5.59. The van der Waals surface area contributed by atoms with Crippen LogP contribution in [0.3, 0.4) is 0 Å². The number of amides is 1. The number of carbonyl (C=O) groups excluding carboxylic acids is 1. The lowest BCUT2D eigenvalue weighted by molar-refractivity contribution is 0.00722. The lowest BCUT2D eigenvalue weighted by atomic mass is 10.1. The molecule has 17 heavy (non-hydrogen) atoms. The number of nitrogens with zero attached hydrogens (tertiary/aromatic N) is 4. The Balaban J connectivity index is 4.69. The monoisotopic (exact) mass is 242 g/mol. The van der Waals surface area contributed by atoms with Gasteiger partial charge in [0.15, 0.2) is 0 Å². The average molecular weight is 242 g/mol. The Morgan fingerprint density at radius 3 is 2.18 bits per heavy atom. The maximum atomic E-state index is 12.0. The molecule has 6 nitrogen and oxygen atoms in total. The van der Waals surface area contributed by atoms with Gasteiger partial charge in [-0.1, -0.05) is 5.11 Å². The third-order valence-corrected chi connectivity index (χ3v) is 1.91. The lowest BCUT2D eigenvalue weighted by Crippen LogP contribution is -2.48. The molecule has 0 saturated heterocycles. The van der Waals surface area contributed by atoms with Crippen molar-refractivity contribution in [1.29, 1.82) is 0 Å². The highest BCUT2D eigenvalue weighted by atomic mass is 16.6. The molecule has 0 aromatic rings. The number of rotatable bonds is 3. The van der Waals surface area contributed by atoms with Gasteiger partial charge in [0.05, 0.1) is 0 Å². The van der Waals surface area contributed by atoms with Crippen LogP contribution in [0.2, 0.25) is 0 Å². The molecule has 0 heterocycles. The summed E-state index contributed by atoms with van der Waals surface area (Å²) in [6.07, 6.45) is -0.391. The minimum atomic E-state index is -0.529. The van der Waals surface area contributed by atoms with Crippen molar-refractivity contribution in [3.8, 4) is 0 Å². The van der Waals surface area contributed by atoms with Gasteiger partial charge in [0.1, 0.15) is 5.60 Å². The molecule has 1 amide bonds. The summed E-state index contributed by atoms with van der Waals surface area (Å²) in [6.45, 7) is 11.8. The zero-order valence-electron chi connectivity index (χ0n) is 11.5. The summed E-state index contributed by atoms with van der Waals surface area (Å²) in [6, 6.07) is 0. The number of ether oxygens (including phenoxy) is 1. The summed E-state index contributed by atoms with van der Waals surface area (Å²) in [5, 5.41) is 3.44. The molecule has 0 aromatic heterocycles. The highest BCUT2D eigenvalue weighted by Gasteiger charge is 2.29. The molecule has 0 aliphatic rings. The largest absolute Gasteiger partial charge is 0.444 e. The molecule has 0 aliphatic heterocycles. The molecule has 0 rings (SSSR count). The van der Waals surface area contributed by atoms with Crippen LogP contribution in [0.5, 0.6) is 0 Å². The Hall–Kier alpha value is -1.42. The maximum absolute atomic E-state index is 12.0.